The molecule has 2 aromatic rings. The maximum Gasteiger partial charge on any atom is 0.238 e. The third-order valence-electron chi connectivity index (χ3n) is 3.83. The van der Waals surface area contributed by atoms with Crippen molar-refractivity contribution in [1.82, 2.24) is 0 Å². The van der Waals surface area contributed by atoms with Gasteiger partial charge in [0.05, 0.1) is 10.9 Å². The van der Waals surface area contributed by atoms with Crippen LogP contribution < -0.4 is 10.0 Å². The van der Waals surface area contributed by atoms with Crippen LogP contribution in [-0.4, -0.2) is 15.5 Å². The zero-order valence-electron chi connectivity index (χ0n) is 12.7. The molecule has 2 aromatic carbocycles. The Morgan fingerprint density at radius 2 is 1.73 bits per heavy atom. The van der Waals surface area contributed by atoms with Gasteiger partial charge < -0.3 is 4.90 Å². The van der Waals surface area contributed by atoms with Gasteiger partial charge in [-0.25, -0.2) is 17.9 Å². The smallest absolute Gasteiger partial charge is 0.238 e. The summed E-state index contributed by atoms with van der Waals surface area (Å²) in [6, 6.07) is 11.4. The molecule has 1 atom stereocenters. The van der Waals surface area contributed by atoms with Crippen LogP contribution in [0.4, 0.5) is 10.1 Å². The number of halogens is 1. The van der Waals surface area contributed by atoms with Gasteiger partial charge in [-0.1, -0.05) is 12.1 Å². The molecule has 0 fully saturated rings. The average molecular weight is 322 g/mol. The quantitative estimate of drug-likeness (QED) is 0.941. The number of aryl methyl sites for hydroxylation is 1. The minimum Gasteiger partial charge on any atom is -0.368 e. The van der Waals surface area contributed by atoms with E-state index in [-0.39, 0.29) is 16.8 Å². The minimum absolute atomic E-state index is 0.0598. The summed E-state index contributed by atoms with van der Waals surface area (Å²) in [5.74, 6) is -0.234. The van der Waals surface area contributed by atoms with Crippen LogP contribution in [0.2, 0.25) is 0 Å². The summed E-state index contributed by atoms with van der Waals surface area (Å²) in [6.07, 6.45) is 0. The summed E-state index contributed by atoms with van der Waals surface area (Å²) in [7, 11) is -1.83. The Bertz CT molecular complexity index is 773. The number of hydrogen-bond acceptors (Lipinski definition) is 3. The van der Waals surface area contributed by atoms with Gasteiger partial charge in [-0.15, -0.1) is 0 Å². The predicted octanol–water partition coefficient (Wildman–Crippen LogP) is 2.98. The highest BCUT2D eigenvalue weighted by atomic mass is 32.2. The highest BCUT2D eigenvalue weighted by molar-refractivity contribution is 7.89. The van der Waals surface area contributed by atoms with Gasteiger partial charge in [0.25, 0.3) is 0 Å². The van der Waals surface area contributed by atoms with Crippen LogP contribution in [0.3, 0.4) is 0 Å². The third-order valence-corrected chi connectivity index (χ3v) is 4.76. The van der Waals surface area contributed by atoms with Gasteiger partial charge in [0.1, 0.15) is 5.82 Å². The SMILES string of the molecule is Cc1ccc(C(C)N(C)c2ccc(S(N)(=O)=O)cc2)cc1F. The number of nitrogens with two attached hydrogens (primary N) is 1. The molecule has 0 radical (unpaired) electrons. The molecule has 0 saturated heterocycles. The third kappa shape index (κ3) is 3.45. The molecule has 0 aliphatic rings. The van der Waals surface area contributed by atoms with Crippen molar-refractivity contribution in [3.8, 4) is 0 Å². The molecule has 118 valence electrons. The lowest BCUT2D eigenvalue weighted by molar-refractivity contribution is 0.597. The van der Waals surface area contributed by atoms with E-state index in [2.05, 4.69) is 0 Å². The molecule has 4 nitrogen and oxygen atoms in total. The van der Waals surface area contributed by atoms with Crippen molar-refractivity contribution in [2.45, 2.75) is 24.8 Å². The van der Waals surface area contributed by atoms with Crippen molar-refractivity contribution >= 4 is 15.7 Å². The maximum atomic E-state index is 13.7. The minimum atomic E-state index is -3.70. The highest BCUT2D eigenvalue weighted by Crippen LogP contribution is 2.27. The van der Waals surface area contributed by atoms with E-state index in [1.807, 2.05) is 24.9 Å². The number of anilines is 1. The van der Waals surface area contributed by atoms with Crippen LogP contribution >= 0.6 is 0 Å². The molecule has 0 saturated carbocycles. The van der Waals surface area contributed by atoms with E-state index in [9.17, 15) is 12.8 Å². The van der Waals surface area contributed by atoms with Gasteiger partial charge in [-0.2, -0.15) is 0 Å². The van der Waals surface area contributed by atoms with E-state index in [1.54, 1.807) is 25.1 Å². The lowest BCUT2D eigenvalue weighted by Crippen LogP contribution is -2.22. The molecule has 1 unspecified atom stereocenters. The fraction of sp³-hybridized carbons (Fsp3) is 0.250. The molecule has 22 heavy (non-hydrogen) atoms. The van der Waals surface area contributed by atoms with Gasteiger partial charge in [0.15, 0.2) is 0 Å². The van der Waals surface area contributed by atoms with Gasteiger partial charge in [-0.3, -0.25) is 0 Å². The van der Waals surface area contributed by atoms with Crippen LogP contribution in [-0.2, 0) is 10.0 Å². The number of hydrogen-bond donors (Lipinski definition) is 1. The van der Waals surface area contributed by atoms with E-state index in [1.165, 1.54) is 18.2 Å². The van der Waals surface area contributed by atoms with Gasteiger partial charge in [0, 0.05) is 12.7 Å². The van der Waals surface area contributed by atoms with Crippen molar-refractivity contribution in [2.24, 2.45) is 5.14 Å². The lowest BCUT2D eigenvalue weighted by atomic mass is 10.0. The van der Waals surface area contributed by atoms with Gasteiger partial charge in [-0.05, 0) is 55.3 Å². The second-order valence-corrected chi connectivity index (χ2v) is 6.90. The van der Waals surface area contributed by atoms with Crippen LogP contribution in [0.25, 0.3) is 0 Å². The van der Waals surface area contributed by atoms with E-state index < -0.39 is 10.0 Å². The summed E-state index contributed by atoms with van der Waals surface area (Å²) >= 11 is 0. The molecule has 2 N–H and O–H groups in total. The molecule has 0 aliphatic heterocycles. The van der Waals surface area contributed by atoms with Crippen molar-refractivity contribution in [1.29, 1.82) is 0 Å². The molecule has 0 aromatic heterocycles. The fourth-order valence-corrected chi connectivity index (χ4v) is 2.70. The Kier molecular flexibility index (Phi) is 4.53. The second-order valence-electron chi connectivity index (χ2n) is 5.33. The van der Waals surface area contributed by atoms with Crippen LogP contribution in [0.5, 0.6) is 0 Å². The molecule has 0 heterocycles. The van der Waals surface area contributed by atoms with Gasteiger partial charge in [0.2, 0.25) is 10.0 Å². The Balaban J connectivity index is 2.26. The Morgan fingerprint density at radius 1 is 1.14 bits per heavy atom. The average Bonchev–Trinajstić information content (AvgIpc) is 2.48. The van der Waals surface area contributed by atoms with Crippen molar-refractivity contribution in [3.63, 3.8) is 0 Å². The van der Waals surface area contributed by atoms with Crippen LogP contribution in [0, 0.1) is 12.7 Å². The summed E-state index contributed by atoms with van der Waals surface area (Å²) in [5.41, 5.74) is 2.28. The lowest BCUT2D eigenvalue weighted by Gasteiger charge is -2.27. The highest BCUT2D eigenvalue weighted by Gasteiger charge is 2.15. The zero-order chi connectivity index (χ0) is 16.5. The first-order chi connectivity index (χ1) is 10.2. The molecular weight excluding hydrogens is 303 g/mol. The molecule has 0 amide bonds. The van der Waals surface area contributed by atoms with E-state index in [0.717, 1.165) is 11.3 Å². The van der Waals surface area contributed by atoms with Gasteiger partial charge >= 0.3 is 0 Å². The largest absolute Gasteiger partial charge is 0.368 e. The Hall–Kier alpha value is -1.92. The standard InChI is InChI=1S/C16H19FN2O2S/c1-11-4-5-13(10-16(11)17)12(2)19(3)14-6-8-15(9-7-14)22(18,20)21/h4-10,12H,1-3H3,(H2,18,20,21). The summed E-state index contributed by atoms with van der Waals surface area (Å²) in [6.45, 7) is 3.68. The van der Waals surface area contributed by atoms with Crippen LogP contribution in [0.1, 0.15) is 24.1 Å². The molecule has 0 spiro atoms. The monoisotopic (exact) mass is 322 g/mol. The number of benzene rings is 2. The second kappa shape index (κ2) is 6.06. The fourth-order valence-electron chi connectivity index (χ4n) is 2.19. The number of rotatable bonds is 4. The number of sulfonamides is 1. The summed E-state index contributed by atoms with van der Waals surface area (Å²) in [4.78, 5) is 2.01. The zero-order valence-corrected chi connectivity index (χ0v) is 13.6. The van der Waals surface area contributed by atoms with Crippen molar-refractivity contribution < 1.29 is 12.8 Å². The number of nitrogens with zero attached hydrogens (tertiary/aromatic N) is 1. The van der Waals surface area contributed by atoms with E-state index in [4.69, 9.17) is 5.14 Å². The maximum absolute atomic E-state index is 13.7. The van der Waals surface area contributed by atoms with E-state index >= 15 is 0 Å². The molecule has 2 rings (SSSR count). The molecule has 0 bridgehead atoms. The first-order valence-electron chi connectivity index (χ1n) is 6.82. The molecule has 0 aliphatic carbocycles. The predicted molar refractivity (Wildman–Crippen MR) is 85.8 cm³/mol. The first-order valence-corrected chi connectivity index (χ1v) is 8.36. The Labute approximate surface area is 130 Å². The van der Waals surface area contributed by atoms with Crippen molar-refractivity contribution in [3.05, 3.63) is 59.4 Å². The number of primary sulfonamides is 1. The first kappa shape index (κ1) is 16.5. The Morgan fingerprint density at radius 3 is 2.23 bits per heavy atom. The van der Waals surface area contributed by atoms with E-state index in [0.29, 0.717) is 5.56 Å². The molecular formula is C16H19FN2O2S. The van der Waals surface area contributed by atoms with Crippen LogP contribution in [0.15, 0.2) is 47.4 Å². The normalized spacial score (nSPS) is 13.0. The van der Waals surface area contributed by atoms with Crippen molar-refractivity contribution in [2.75, 3.05) is 11.9 Å². The topological polar surface area (TPSA) is 63.4 Å². The summed E-state index contributed by atoms with van der Waals surface area (Å²) < 4.78 is 36.2. The molecule has 6 heteroatoms. The summed E-state index contributed by atoms with van der Waals surface area (Å²) in [5, 5.41) is 5.08.